The average Bonchev–Trinajstić information content (AvgIpc) is 2.68. The second-order valence-corrected chi connectivity index (χ2v) is 4.80. The van der Waals surface area contributed by atoms with Crippen LogP contribution in [0.2, 0.25) is 0 Å². The third-order valence-electron chi connectivity index (χ3n) is 3.66. The molecule has 0 aromatic carbocycles. The molecule has 14 heavy (non-hydrogen) atoms. The molecule has 1 unspecified atom stereocenters. The summed E-state index contributed by atoms with van der Waals surface area (Å²) >= 11 is 0. The number of carbonyl (C=O) groups is 1. The van der Waals surface area contributed by atoms with E-state index in [1.165, 1.54) is 32.8 Å². The van der Waals surface area contributed by atoms with Gasteiger partial charge in [-0.1, -0.05) is 26.7 Å². The van der Waals surface area contributed by atoms with E-state index in [0.717, 1.165) is 0 Å². The first-order chi connectivity index (χ1) is 6.50. The maximum Gasteiger partial charge on any atom is 0.323 e. The Morgan fingerprint density at radius 1 is 1.43 bits per heavy atom. The fourth-order valence-electron chi connectivity index (χ4n) is 2.35. The second kappa shape index (κ2) is 4.30. The van der Waals surface area contributed by atoms with E-state index in [0.29, 0.717) is 5.92 Å². The highest BCUT2D eigenvalue weighted by Crippen LogP contribution is 2.41. The Labute approximate surface area is 86.0 Å². The highest BCUT2D eigenvalue weighted by atomic mass is 16.5. The molecule has 3 nitrogen and oxygen atoms in total. The van der Waals surface area contributed by atoms with E-state index in [1.807, 2.05) is 0 Å². The summed E-state index contributed by atoms with van der Waals surface area (Å²) in [7, 11) is 1.40. The van der Waals surface area contributed by atoms with E-state index in [-0.39, 0.29) is 11.4 Å². The summed E-state index contributed by atoms with van der Waals surface area (Å²) in [5.74, 6) is 0.276. The first-order valence-electron chi connectivity index (χ1n) is 5.33. The van der Waals surface area contributed by atoms with Crippen LogP contribution >= 0.6 is 0 Å². The van der Waals surface area contributed by atoms with E-state index < -0.39 is 6.04 Å². The standard InChI is InChI=1S/C11H21NO2/c1-11(2,8-6-4-5-7-8)9(12)10(13)14-3/h8-9H,4-7,12H2,1-3H3. The van der Waals surface area contributed by atoms with E-state index >= 15 is 0 Å². The van der Waals surface area contributed by atoms with Gasteiger partial charge >= 0.3 is 5.97 Å². The predicted octanol–water partition coefficient (Wildman–Crippen LogP) is 1.70. The van der Waals surface area contributed by atoms with Gasteiger partial charge in [0, 0.05) is 0 Å². The molecule has 82 valence electrons. The molecular formula is C11H21NO2. The summed E-state index contributed by atoms with van der Waals surface area (Å²) in [6.07, 6.45) is 4.92. The molecule has 1 rings (SSSR count). The molecule has 2 N–H and O–H groups in total. The fraction of sp³-hybridized carbons (Fsp3) is 0.909. The van der Waals surface area contributed by atoms with Gasteiger partial charge in [0.25, 0.3) is 0 Å². The minimum Gasteiger partial charge on any atom is -0.468 e. The molecule has 0 saturated heterocycles. The third kappa shape index (κ3) is 2.08. The maximum atomic E-state index is 11.4. The first kappa shape index (κ1) is 11.5. The average molecular weight is 199 g/mol. The van der Waals surface area contributed by atoms with Crippen molar-refractivity contribution in [2.45, 2.75) is 45.6 Å². The molecule has 0 radical (unpaired) electrons. The van der Waals surface area contributed by atoms with Crippen LogP contribution in [0.4, 0.5) is 0 Å². The summed E-state index contributed by atoms with van der Waals surface area (Å²) in [6, 6.07) is -0.490. The van der Waals surface area contributed by atoms with Crippen molar-refractivity contribution in [3.8, 4) is 0 Å². The van der Waals surface area contributed by atoms with Gasteiger partial charge < -0.3 is 10.5 Å². The molecule has 1 fully saturated rings. The van der Waals surface area contributed by atoms with Gasteiger partial charge in [0.2, 0.25) is 0 Å². The third-order valence-corrected chi connectivity index (χ3v) is 3.66. The molecule has 0 aromatic rings. The maximum absolute atomic E-state index is 11.4. The molecule has 0 spiro atoms. The lowest BCUT2D eigenvalue weighted by Crippen LogP contribution is -2.48. The van der Waals surface area contributed by atoms with Crippen molar-refractivity contribution < 1.29 is 9.53 Å². The van der Waals surface area contributed by atoms with Crippen molar-refractivity contribution in [3.63, 3.8) is 0 Å². The van der Waals surface area contributed by atoms with Crippen LogP contribution in [-0.4, -0.2) is 19.1 Å². The van der Waals surface area contributed by atoms with Crippen molar-refractivity contribution in [2.24, 2.45) is 17.1 Å². The van der Waals surface area contributed by atoms with Gasteiger partial charge in [-0.25, -0.2) is 0 Å². The normalized spacial score (nSPS) is 20.9. The zero-order valence-corrected chi connectivity index (χ0v) is 9.38. The van der Waals surface area contributed by atoms with Crippen LogP contribution in [-0.2, 0) is 9.53 Å². The molecule has 0 aromatic heterocycles. The molecule has 1 aliphatic rings. The van der Waals surface area contributed by atoms with Gasteiger partial charge in [-0.15, -0.1) is 0 Å². The zero-order valence-electron chi connectivity index (χ0n) is 9.38. The van der Waals surface area contributed by atoms with Crippen LogP contribution < -0.4 is 5.73 Å². The van der Waals surface area contributed by atoms with Gasteiger partial charge in [0.15, 0.2) is 0 Å². The Morgan fingerprint density at radius 2 is 1.93 bits per heavy atom. The highest BCUT2D eigenvalue weighted by Gasteiger charge is 2.40. The van der Waals surface area contributed by atoms with E-state index in [1.54, 1.807) is 0 Å². The number of carbonyl (C=O) groups excluding carboxylic acids is 1. The number of esters is 1. The van der Waals surface area contributed by atoms with Crippen LogP contribution in [0.3, 0.4) is 0 Å². The van der Waals surface area contributed by atoms with Crippen molar-refractivity contribution in [1.82, 2.24) is 0 Å². The van der Waals surface area contributed by atoms with Crippen molar-refractivity contribution >= 4 is 5.97 Å². The minimum absolute atomic E-state index is 0.135. The molecular weight excluding hydrogens is 178 g/mol. The Bertz CT molecular complexity index is 207. The molecule has 0 heterocycles. The quantitative estimate of drug-likeness (QED) is 0.704. The molecule has 1 saturated carbocycles. The summed E-state index contributed by atoms with van der Waals surface area (Å²) < 4.78 is 4.69. The smallest absolute Gasteiger partial charge is 0.323 e. The Balaban J connectivity index is 2.66. The highest BCUT2D eigenvalue weighted by molar-refractivity contribution is 5.76. The lowest BCUT2D eigenvalue weighted by molar-refractivity contribution is -0.146. The topological polar surface area (TPSA) is 52.3 Å². The largest absolute Gasteiger partial charge is 0.468 e. The minimum atomic E-state index is -0.490. The Kier molecular flexibility index (Phi) is 3.53. The second-order valence-electron chi connectivity index (χ2n) is 4.80. The number of nitrogens with two attached hydrogens (primary N) is 1. The van der Waals surface area contributed by atoms with Crippen molar-refractivity contribution in [2.75, 3.05) is 7.11 Å². The van der Waals surface area contributed by atoms with Gasteiger partial charge in [-0.3, -0.25) is 4.79 Å². The number of methoxy groups -OCH3 is 1. The lowest BCUT2D eigenvalue weighted by Gasteiger charge is -2.35. The first-order valence-corrected chi connectivity index (χ1v) is 5.33. The SMILES string of the molecule is COC(=O)C(N)C(C)(C)C1CCCC1. The van der Waals surface area contributed by atoms with Crippen LogP contribution in [0.1, 0.15) is 39.5 Å². The van der Waals surface area contributed by atoms with Gasteiger partial charge in [-0.2, -0.15) is 0 Å². The molecule has 1 atom stereocenters. The lowest BCUT2D eigenvalue weighted by atomic mass is 9.72. The van der Waals surface area contributed by atoms with Crippen molar-refractivity contribution in [3.05, 3.63) is 0 Å². The van der Waals surface area contributed by atoms with Crippen LogP contribution in [0.25, 0.3) is 0 Å². The summed E-state index contributed by atoms with van der Waals surface area (Å²) in [4.78, 5) is 11.4. The van der Waals surface area contributed by atoms with Crippen LogP contribution in [0, 0.1) is 11.3 Å². The van der Waals surface area contributed by atoms with E-state index in [2.05, 4.69) is 13.8 Å². The summed E-state index contributed by atoms with van der Waals surface area (Å²) in [5, 5.41) is 0. The molecule has 0 amide bonds. The molecule has 0 bridgehead atoms. The number of hydrogen-bond donors (Lipinski definition) is 1. The van der Waals surface area contributed by atoms with Gasteiger partial charge in [-0.05, 0) is 24.2 Å². The zero-order chi connectivity index (χ0) is 10.8. The summed E-state index contributed by atoms with van der Waals surface area (Å²) in [6.45, 7) is 4.15. The van der Waals surface area contributed by atoms with Gasteiger partial charge in [0.05, 0.1) is 7.11 Å². The number of rotatable bonds is 3. The monoisotopic (exact) mass is 199 g/mol. The molecule has 1 aliphatic carbocycles. The van der Waals surface area contributed by atoms with Crippen molar-refractivity contribution in [1.29, 1.82) is 0 Å². The van der Waals surface area contributed by atoms with E-state index in [4.69, 9.17) is 10.5 Å². The molecule has 0 aliphatic heterocycles. The number of hydrogen-bond acceptors (Lipinski definition) is 3. The Morgan fingerprint density at radius 3 is 2.36 bits per heavy atom. The van der Waals surface area contributed by atoms with Gasteiger partial charge in [0.1, 0.15) is 6.04 Å². The van der Waals surface area contributed by atoms with Crippen LogP contribution in [0.5, 0.6) is 0 Å². The Hall–Kier alpha value is -0.570. The molecule has 3 heteroatoms. The predicted molar refractivity (Wildman–Crippen MR) is 55.7 cm³/mol. The number of ether oxygens (including phenoxy) is 1. The van der Waals surface area contributed by atoms with Crippen LogP contribution in [0.15, 0.2) is 0 Å². The fourth-order valence-corrected chi connectivity index (χ4v) is 2.35. The van der Waals surface area contributed by atoms with E-state index in [9.17, 15) is 4.79 Å². The summed E-state index contributed by atoms with van der Waals surface area (Å²) in [5.41, 5.74) is 5.78.